The van der Waals surface area contributed by atoms with Crippen molar-refractivity contribution >= 4 is 17.7 Å². The van der Waals surface area contributed by atoms with E-state index < -0.39 is 17.9 Å². The molecular weight excluding hydrogens is 250 g/mol. The maximum absolute atomic E-state index is 11.8. The minimum Gasteiger partial charge on any atom is -0.480 e. The number of amides is 1. The predicted octanol–water partition coefficient (Wildman–Crippen LogP) is 1.71. The lowest BCUT2D eigenvalue weighted by molar-refractivity contribution is -0.139. The first kappa shape index (κ1) is 14.9. The van der Waals surface area contributed by atoms with Gasteiger partial charge in [-0.15, -0.1) is 0 Å². The molecule has 0 bridgehead atoms. The fraction of sp³-hybridized carbons (Fsp3) is 0.462. The van der Waals surface area contributed by atoms with Crippen LogP contribution in [0.3, 0.4) is 0 Å². The van der Waals surface area contributed by atoms with Crippen LogP contribution >= 0.6 is 0 Å². The normalized spacial score (nSPS) is 12.2. The molecule has 0 aliphatic rings. The van der Waals surface area contributed by atoms with E-state index in [2.05, 4.69) is 5.32 Å². The SMILES string of the molecule is CC(=O)c1ccc(C(=O)N[C@@H](CC(C)C)C(=O)O)o1. The molecule has 104 valence electrons. The number of rotatable bonds is 6. The molecule has 0 fully saturated rings. The van der Waals surface area contributed by atoms with E-state index in [9.17, 15) is 14.4 Å². The molecule has 1 aromatic heterocycles. The minimum absolute atomic E-state index is 0.0693. The highest BCUT2D eigenvalue weighted by Gasteiger charge is 2.23. The Balaban J connectivity index is 2.75. The van der Waals surface area contributed by atoms with Crippen LogP contribution in [-0.4, -0.2) is 28.8 Å². The summed E-state index contributed by atoms with van der Waals surface area (Å²) >= 11 is 0. The van der Waals surface area contributed by atoms with Crippen molar-refractivity contribution in [3.8, 4) is 0 Å². The number of ketones is 1. The summed E-state index contributed by atoms with van der Waals surface area (Å²) in [6.07, 6.45) is 0.321. The van der Waals surface area contributed by atoms with Gasteiger partial charge in [0.25, 0.3) is 5.91 Å². The lowest BCUT2D eigenvalue weighted by atomic mass is 10.0. The van der Waals surface area contributed by atoms with E-state index in [4.69, 9.17) is 9.52 Å². The van der Waals surface area contributed by atoms with Gasteiger partial charge in [0, 0.05) is 6.92 Å². The van der Waals surface area contributed by atoms with Crippen LogP contribution in [0, 0.1) is 5.92 Å². The van der Waals surface area contributed by atoms with Gasteiger partial charge in [-0.1, -0.05) is 13.8 Å². The molecule has 1 atom stereocenters. The first-order chi connectivity index (χ1) is 8.81. The standard InChI is InChI=1S/C13H17NO5/c1-7(2)6-9(13(17)18)14-12(16)11-5-4-10(19-11)8(3)15/h4-5,7,9H,6H2,1-3H3,(H,14,16)(H,17,18)/t9-/m0/s1. The Morgan fingerprint density at radius 2 is 1.84 bits per heavy atom. The summed E-state index contributed by atoms with van der Waals surface area (Å²) in [5.41, 5.74) is 0. The Morgan fingerprint density at radius 1 is 1.26 bits per heavy atom. The Kier molecular flexibility index (Phi) is 4.86. The average molecular weight is 267 g/mol. The highest BCUT2D eigenvalue weighted by molar-refractivity contribution is 5.96. The predicted molar refractivity (Wildman–Crippen MR) is 67.1 cm³/mol. The van der Waals surface area contributed by atoms with Crippen LogP contribution in [0.5, 0.6) is 0 Å². The first-order valence-corrected chi connectivity index (χ1v) is 5.95. The van der Waals surface area contributed by atoms with E-state index in [1.54, 1.807) is 0 Å². The highest BCUT2D eigenvalue weighted by Crippen LogP contribution is 2.10. The molecule has 19 heavy (non-hydrogen) atoms. The molecule has 0 unspecified atom stereocenters. The second kappa shape index (κ2) is 6.17. The number of nitrogens with one attached hydrogen (secondary N) is 1. The van der Waals surface area contributed by atoms with Crippen LogP contribution in [0.4, 0.5) is 0 Å². The van der Waals surface area contributed by atoms with Crippen LogP contribution in [0.25, 0.3) is 0 Å². The lowest BCUT2D eigenvalue weighted by Gasteiger charge is -2.15. The van der Waals surface area contributed by atoms with Gasteiger partial charge in [-0.2, -0.15) is 0 Å². The number of hydrogen-bond donors (Lipinski definition) is 2. The molecule has 0 aliphatic heterocycles. The molecule has 1 amide bonds. The number of hydrogen-bond acceptors (Lipinski definition) is 4. The van der Waals surface area contributed by atoms with Crippen LogP contribution in [0.2, 0.25) is 0 Å². The maximum atomic E-state index is 11.8. The molecule has 2 N–H and O–H groups in total. The number of carbonyl (C=O) groups is 3. The lowest BCUT2D eigenvalue weighted by Crippen LogP contribution is -2.41. The van der Waals surface area contributed by atoms with E-state index in [0.717, 1.165) is 0 Å². The molecule has 0 saturated carbocycles. The van der Waals surface area contributed by atoms with E-state index in [1.807, 2.05) is 13.8 Å². The summed E-state index contributed by atoms with van der Waals surface area (Å²) in [4.78, 5) is 33.9. The molecule has 0 aliphatic carbocycles. The number of carbonyl (C=O) groups excluding carboxylic acids is 2. The summed E-state index contributed by atoms with van der Waals surface area (Å²) in [7, 11) is 0. The zero-order valence-corrected chi connectivity index (χ0v) is 11.1. The highest BCUT2D eigenvalue weighted by atomic mass is 16.4. The van der Waals surface area contributed by atoms with Gasteiger partial charge in [0.2, 0.25) is 0 Å². The molecule has 0 aromatic carbocycles. The number of carboxylic acids is 1. The van der Waals surface area contributed by atoms with E-state index in [1.165, 1.54) is 19.1 Å². The van der Waals surface area contributed by atoms with Crippen LogP contribution < -0.4 is 5.32 Å². The number of carboxylic acid groups (broad SMARTS) is 1. The quantitative estimate of drug-likeness (QED) is 0.765. The van der Waals surface area contributed by atoms with Gasteiger partial charge in [-0.3, -0.25) is 9.59 Å². The molecule has 0 spiro atoms. The second-order valence-corrected chi connectivity index (χ2v) is 4.71. The average Bonchev–Trinajstić information content (AvgIpc) is 2.76. The van der Waals surface area contributed by atoms with Crippen molar-refractivity contribution in [2.75, 3.05) is 0 Å². The van der Waals surface area contributed by atoms with Gasteiger partial charge in [0.1, 0.15) is 6.04 Å². The molecular formula is C13H17NO5. The Hall–Kier alpha value is -2.11. The number of aliphatic carboxylic acids is 1. The molecule has 1 heterocycles. The van der Waals surface area contributed by atoms with E-state index in [0.29, 0.717) is 6.42 Å². The maximum Gasteiger partial charge on any atom is 0.326 e. The molecule has 0 saturated heterocycles. The summed E-state index contributed by atoms with van der Waals surface area (Å²) in [6, 6.07) is 1.76. The molecule has 1 rings (SSSR count). The van der Waals surface area contributed by atoms with Gasteiger partial charge in [-0.05, 0) is 24.5 Å². The van der Waals surface area contributed by atoms with Crippen LogP contribution in [0.1, 0.15) is 48.3 Å². The second-order valence-electron chi connectivity index (χ2n) is 4.71. The Labute approximate surface area is 110 Å². The number of furan rings is 1. The summed E-state index contributed by atoms with van der Waals surface area (Å²) in [5, 5.41) is 11.4. The van der Waals surface area contributed by atoms with E-state index >= 15 is 0 Å². The molecule has 6 nitrogen and oxygen atoms in total. The Morgan fingerprint density at radius 3 is 2.26 bits per heavy atom. The van der Waals surface area contributed by atoms with Crippen molar-refractivity contribution in [2.24, 2.45) is 5.92 Å². The Bertz CT molecular complexity index is 489. The molecule has 0 radical (unpaired) electrons. The summed E-state index contributed by atoms with van der Waals surface area (Å²) in [5.74, 6) is -1.90. The van der Waals surface area contributed by atoms with Crippen molar-refractivity contribution in [1.29, 1.82) is 0 Å². The van der Waals surface area contributed by atoms with Crippen molar-refractivity contribution < 1.29 is 23.9 Å². The third-order valence-electron chi connectivity index (χ3n) is 2.49. The smallest absolute Gasteiger partial charge is 0.326 e. The van der Waals surface area contributed by atoms with Crippen LogP contribution in [0.15, 0.2) is 16.5 Å². The zero-order valence-electron chi connectivity index (χ0n) is 11.1. The van der Waals surface area contributed by atoms with E-state index in [-0.39, 0.29) is 23.2 Å². The first-order valence-electron chi connectivity index (χ1n) is 5.95. The van der Waals surface area contributed by atoms with Crippen LogP contribution in [-0.2, 0) is 4.79 Å². The van der Waals surface area contributed by atoms with Gasteiger partial charge in [0.15, 0.2) is 17.3 Å². The molecule has 6 heteroatoms. The van der Waals surface area contributed by atoms with Crippen molar-refractivity contribution in [1.82, 2.24) is 5.32 Å². The number of Topliss-reactive ketones (excluding diaryl/α,β-unsaturated/α-hetero) is 1. The van der Waals surface area contributed by atoms with Gasteiger partial charge in [0.05, 0.1) is 0 Å². The summed E-state index contributed by atoms with van der Waals surface area (Å²) in [6.45, 7) is 5.05. The fourth-order valence-electron chi connectivity index (χ4n) is 1.57. The van der Waals surface area contributed by atoms with Gasteiger partial charge < -0.3 is 14.8 Å². The van der Waals surface area contributed by atoms with Gasteiger partial charge in [-0.25, -0.2) is 4.79 Å². The van der Waals surface area contributed by atoms with Crippen molar-refractivity contribution in [2.45, 2.75) is 33.2 Å². The monoisotopic (exact) mass is 267 g/mol. The fourth-order valence-corrected chi connectivity index (χ4v) is 1.57. The topological polar surface area (TPSA) is 96.6 Å². The largest absolute Gasteiger partial charge is 0.480 e. The minimum atomic E-state index is -1.10. The summed E-state index contributed by atoms with van der Waals surface area (Å²) < 4.78 is 5.04. The van der Waals surface area contributed by atoms with Crippen molar-refractivity contribution in [3.63, 3.8) is 0 Å². The van der Waals surface area contributed by atoms with Gasteiger partial charge >= 0.3 is 5.97 Å². The van der Waals surface area contributed by atoms with Crippen molar-refractivity contribution in [3.05, 3.63) is 23.7 Å². The third-order valence-corrected chi connectivity index (χ3v) is 2.49. The zero-order chi connectivity index (χ0) is 14.6. The molecule has 1 aromatic rings. The third kappa shape index (κ3) is 4.24.